The molecule has 2 unspecified atom stereocenters. The third-order valence-corrected chi connectivity index (χ3v) is 6.61. The Morgan fingerprint density at radius 1 is 1.22 bits per heavy atom. The fraction of sp³-hybridized carbons (Fsp3) is 0.933. The molecule has 0 aromatic heterocycles. The number of hydrogen-bond acceptors (Lipinski definition) is 2. The molecule has 1 aliphatic heterocycles. The smallest absolute Gasteiger partial charge is 0.103 e. The van der Waals surface area contributed by atoms with Crippen LogP contribution in [0.1, 0.15) is 60.8 Å². The topological polar surface area (TPSA) is 24.4 Å². The summed E-state index contributed by atoms with van der Waals surface area (Å²) in [6.45, 7) is 15.0. The van der Waals surface area contributed by atoms with Crippen LogP contribution in [0.3, 0.4) is 0 Å². The van der Waals surface area contributed by atoms with Gasteiger partial charge in [0.2, 0.25) is 0 Å². The van der Waals surface area contributed by atoms with Crippen LogP contribution in [0.2, 0.25) is 0 Å². The van der Waals surface area contributed by atoms with Gasteiger partial charge in [0.05, 0.1) is 0 Å². The van der Waals surface area contributed by atoms with Crippen molar-refractivity contribution in [1.29, 1.82) is 0 Å². The van der Waals surface area contributed by atoms with E-state index in [1.54, 1.807) is 0 Å². The lowest BCUT2D eigenvalue weighted by Gasteiger charge is -2.30. The van der Waals surface area contributed by atoms with Crippen molar-refractivity contribution < 1.29 is 0 Å². The monoisotopic (exact) mass is 270 g/mol. The van der Waals surface area contributed by atoms with Crippen molar-refractivity contribution in [3.8, 4) is 0 Å². The van der Waals surface area contributed by atoms with E-state index in [1.165, 1.54) is 25.1 Å². The predicted octanol–water partition coefficient (Wildman–Crippen LogP) is 4.64. The van der Waals surface area contributed by atoms with E-state index in [-0.39, 0.29) is 8.07 Å². The molecule has 0 amide bonds. The Morgan fingerprint density at radius 2 is 1.83 bits per heavy atom. The summed E-state index contributed by atoms with van der Waals surface area (Å²) in [5.41, 5.74) is 1.45. The second-order valence-corrected chi connectivity index (χ2v) is 9.10. The minimum absolute atomic E-state index is 0.132. The molecule has 1 N–H and O–H groups in total. The van der Waals surface area contributed by atoms with E-state index in [9.17, 15) is 0 Å². The average Bonchev–Trinajstić information content (AvgIpc) is 2.68. The first-order valence-corrected chi connectivity index (χ1v) is 9.08. The van der Waals surface area contributed by atoms with Gasteiger partial charge >= 0.3 is 0 Å². The van der Waals surface area contributed by atoms with Gasteiger partial charge in [-0.1, -0.05) is 54.4 Å². The molecule has 1 aliphatic rings. The molecule has 106 valence electrons. The van der Waals surface area contributed by atoms with Crippen LogP contribution in [-0.4, -0.2) is 23.7 Å². The number of rotatable bonds is 6. The van der Waals surface area contributed by atoms with Crippen molar-refractivity contribution in [3.63, 3.8) is 0 Å². The fourth-order valence-electron chi connectivity index (χ4n) is 2.89. The van der Waals surface area contributed by atoms with Crippen molar-refractivity contribution in [2.75, 3.05) is 6.54 Å². The van der Waals surface area contributed by atoms with Crippen LogP contribution >= 0.6 is 8.07 Å². The molecule has 0 saturated carbocycles. The number of hydrogen-bond donors (Lipinski definition) is 1. The SMILES string of the molecule is CCCC1C(NP(C(C)C)C(C)C)=NCC1CC. The number of nitrogens with zero attached hydrogens (tertiary/aromatic N) is 1. The molecule has 1 heterocycles. The Hall–Kier alpha value is -0.100. The van der Waals surface area contributed by atoms with Crippen LogP contribution in [0.5, 0.6) is 0 Å². The normalized spacial score (nSPS) is 24.2. The molecule has 2 atom stereocenters. The third-order valence-electron chi connectivity index (χ3n) is 3.90. The maximum Gasteiger partial charge on any atom is 0.103 e. The van der Waals surface area contributed by atoms with Crippen LogP contribution in [-0.2, 0) is 0 Å². The quantitative estimate of drug-likeness (QED) is 0.698. The van der Waals surface area contributed by atoms with E-state index in [4.69, 9.17) is 4.99 Å². The van der Waals surface area contributed by atoms with Crippen molar-refractivity contribution in [3.05, 3.63) is 0 Å². The lowest BCUT2D eigenvalue weighted by Crippen LogP contribution is -2.31. The second-order valence-electron chi connectivity index (χ2n) is 6.00. The molecule has 0 bridgehead atoms. The van der Waals surface area contributed by atoms with Gasteiger partial charge in [0, 0.05) is 12.5 Å². The van der Waals surface area contributed by atoms with E-state index in [1.807, 2.05) is 0 Å². The van der Waals surface area contributed by atoms with E-state index in [2.05, 4.69) is 46.6 Å². The van der Waals surface area contributed by atoms with Gasteiger partial charge in [-0.25, -0.2) is 0 Å². The largest absolute Gasteiger partial charge is 0.352 e. The van der Waals surface area contributed by atoms with Gasteiger partial charge in [0.15, 0.2) is 0 Å². The Bertz CT molecular complexity index is 266. The van der Waals surface area contributed by atoms with E-state index < -0.39 is 0 Å². The first-order valence-electron chi connectivity index (χ1n) is 7.60. The number of amidine groups is 1. The molecule has 0 aromatic rings. The lowest BCUT2D eigenvalue weighted by molar-refractivity contribution is 0.415. The zero-order chi connectivity index (χ0) is 13.7. The summed E-state index contributed by atoms with van der Waals surface area (Å²) in [4.78, 5) is 4.81. The third kappa shape index (κ3) is 3.95. The second kappa shape index (κ2) is 7.48. The first kappa shape index (κ1) is 16.0. The highest BCUT2D eigenvalue weighted by atomic mass is 31.1. The molecule has 3 heteroatoms. The summed E-state index contributed by atoms with van der Waals surface area (Å²) in [5.74, 6) is 2.81. The van der Waals surface area contributed by atoms with Gasteiger partial charge < -0.3 is 5.09 Å². The Morgan fingerprint density at radius 3 is 2.28 bits per heavy atom. The van der Waals surface area contributed by atoms with Crippen molar-refractivity contribution in [2.45, 2.75) is 72.1 Å². The molecule has 0 radical (unpaired) electrons. The summed E-state index contributed by atoms with van der Waals surface area (Å²) < 4.78 is 0. The molecule has 0 aliphatic carbocycles. The first-order chi connectivity index (χ1) is 8.51. The Kier molecular flexibility index (Phi) is 6.63. The molecule has 18 heavy (non-hydrogen) atoms. The average molecular weight is 270 g/mol. The molecule has 0 aromatic carbocycles. The van der Waals surface area contributed by atoms with E-state index in [0.717, 1.165) is 23.8 Å². The lowest BCUT2D eigenvalue weighted by atomic mass is 9.88. The summed E-state index contributed by atoms with van der Waals surface area (Å²) in [6, 6.07) is 0. The van der Waals surface area contributed by atoms with E-state index >= 15 is 0 Å². The Balaban J connectivity index is 2.69. The summed E-state index contributed by atoms with van der Waals surface area (Å²) in [7, 11) is -0.132. The number of aliphatic imine (C=N–C) groups is 1. The van der Waals surface area contributed by atoms with Crippen LogP contribution in [0, 0.1) is 11.8 Å². The summed E-state index contributed by atoms with van der Waals surface area (Å²) >= 11 is 0. The van der Waals surface area contributed by atoms with Gasteiger partial charge in [0.25, 0.3) is 0 Å². The van der Waals surface area contributed by atoms with E-state index in [0.29, 0.717) is 5.92 Å². The minimum atomic E-state index is -0.132. The molecular formula is C15H31N2P. The van der Waals surface area contributed by atoms with Crippen LogP contribution in [0.25, 0.3) is 0 Å². The zero-order valence-corrected chi connectivity index (χ0v) is 13.9. The predicted molar refractivity (Wildman–Crippen MR) is 84.8 cm³/mol. The van der Waals surface area contributed by atoms with Crippen molar-refractivity contribution in [2.24, 2.45) is 16.8 Å². The highest BCUT2D eigenvalue weighted by Crippen LogP contribution is 2.43. The maximum absolute atomic E-state index is 4.81. The Labute approximate surface area is 115 Å². The van der Waals surface area contributed by atoms with Crippen molar-refractivity contribution >= 4 is 13.9 Å². The van der Waals surface area contributed by atoms with Gasteiger partial charge in [-0.2, -0.15) is 0 Å². The standard InChI is InChI=1S/C15H31N2P/c1-7-9-14-13(8-2)10-16-15(14)17-18(11(3)4)12(5)6/h11-14H,7-10H2,1-6H3,(H,16,17). The van der Waals surface area contributed by atoms with Gasteiger partial charge in [-0.15, -0.1) is 0 Å². The molecule has 1 rings (SSSR count). The van der Waals surface area contributed by atoms with Gasteiger partial charge in [0.1, 0.15) is 5.84 Å². The van der Waals surface area contributed by atoms with Crippen LogP contribution < -0.4 is 5.09 Å². The van der Waals surface area contributed by atoms with Gasteiger partial charge in [-0.3, -0.25) is 4.99 Å². The van der Waals surface area contributed by atoms with Crippen LogP contribution in [0.15, 0.2) is 4.99 Å². The maximum atomic E-state index is 4.81. The van der Waals surface area contributed by atoms with Crippen molar-refractivity contribution in [1.82, 2.24) is 5.09 Å². The molecule has 2 nitrogen and oxygen atoms in total. The highest BCUT2D eigenvalue weighted by Gasteiger charge is 2.31. The molecule has 0 spiro atoms. The molecular weight excluding hydrogens is 239 g/mol. The summed E-state index contributed by atoms with van der Waals surface area (Å²) in [6.07, 6.45) is 3.83. The zero-order valence-electron chi connectivity index (χ0n) is 13.0. The fourth-order valence-corrected chi connectivity index (χ4v) is 5.10. The highest BCUT2D eigenvalue weighted by molar-refractivity contribution is 7.57. The minimum Gasteiger partial charge on any atom is -0.352 e. The van der Waals surface area contributed by atoms with Crippen LogP contribution in [0.4, 0.5) is 0 Å². The number of nitrogens with one attached hydrogen (secondary N) is 1. The molecule has 0 saturated heterocycles. The molecule has 0 fully saturated rings. The summed E-state index contributed by atoms with van der Waals surface area (Å²) in [5, 5.41) is 3.83. The van der Waals surface area contributed by atoms with Gasteiger partial charge in [-0.05, 0) is 31.7 Å².